The summed E-state index contributed by atoms with van der Waals surface area (Å²) in [5, 5.41) is 2.64. The Bertz CT molecular complexity index is 1250. The molecule has 0 saturated carbocycles. The fraction of sp³-hybridized carbons (Fsp3) is 0.645. The zero-order valence-electron chi connectivity index (χ0n) is 28.6. The van der Waals surface area contributed by atoms with Gasteiger partial charge in [0.05, 0.1) is 27.9 Å². The van der Waals surface area contributed by atoms with Crippen molar-refractivity contribution in [3.8, 4) is 17.2 Å². The van der Waals surface area contributed by atoms with Crippen LogP contribution in [0.25, 0.3) is 0 Å². The van der Waals surface area contributed by atoms with Gasteiger partial charge in [-0.25, -0.2) is 14.5 Å². The molecule has 3 N–H and O–H groups in total. The van der Waals surface area contributed by atoms with Crippen LogP contribution in [0.3, 0.4) is 0 Å². The Morgan fingerprint density at radius 3 is 2.04 bits per heavy atom. The summed E-state index contributed by atoms with van der Waals surface area (Å²) in [5.74, 6) is 0.734. The van der Waals surface area contributed by atoms with Gasteiger partial charge in [0, 0.05) is 51.3 Å². The minimum atomic E-state index is -0.962. The zero-order chi connectivity index (χ0) is 34.7. The van der Waals surface area contributed by atoms with Crippen LogP contribution >= 0.6 is 0 Å². The number of nitrogens with one attached hydrogen (secondary N) is 1. The lowest BCUT2D eigenvalue weighted by Gasteiger charge is -2.35. The lowest BCUT2D eigenvalue weighted by Crippen LogP contribution is -2.50. The molecule has 1 aliphatic heterocycles. The number of rotatable bonds is 11. The number of piperazine rings is 1. The highest BCUT2D eigenvalue weighted by molar-refractivity contribution is 5.98. The molecule has 15 nitrogen and oxygen atoms in total. The van der Waals surface area contributed by atoms with E-state index in [2.05, 4.69) is 15.2 Å². The van der Waals surface area contributed by atoms with Gasteiger partial charge >= 0.3 is 12.2 Å². The van der Waals surface area contributed by atoms with E-state index in [0.29, 0.717) is 50.0 Å². The van der Waals surface area contributed by atoms with Crippen LogP contribution in [0.5, 0.6) is 17.2 Å². The molecule has 0 bridgehead atoms. The fourth-order valence-corrected chi connectivity index (χ4v) is 4.51. The second-order valence-electron chi connectivity index (χ2n) is 12.6. The molecule has 4 amide bonds. The lowest BCUT2D eigenvalue weighted by molar-refractivity contribution is -0.134. The molecule has 1 saturated heterocycles. The molecule has 2 rings (SSSR count). The molecule has 258 valence electrons. The molecule has 0 atom stereocenters. The van der Waals surface area contributed by atoms with Crippen molar-refractivity contribution in [3.63, 3.8) is 0 Å². The molecule has 1 aromatic rings. The molecule has 0 aliphatic carbocycles. The van der Waals surface area contributed by atoms with Gasteiger partial charge in [-0.15, -0.1) is 4.99 Å². The average Bonchev–Trinajstić information content (AvgIpc) is 2.95. The topological polar surface area (TPSA) is 175 Å². The Kier molecular flexibility index (Phi) is 13.9. The monoisotopic (exact) mass is 650 g/mol. The minimum absolute atomic E-state index is 0.00672. The van der Waals surface area contributed by atoms with Gasteiger partial charge in [0.1, 0.15) is 11.2 Å². The number of methoxy groups -OCH3 is 3. The summed E-state index contributed by atoms with van der Waals surface area (Å²) < 4.78 is 26.9. The predicted molar refractivity (Wildman–Crippen MR) is 171 cm³/mol. The van der Waals surface area contributed by atoms with E-state index in [4.69, 9.17) is 29.4 Å². The fourth-order valence-electron chi connectivity index (χ4n) is 4.51. The van der Waals surface area contributed by atoms with Crippen molar-refractivity contribution in [2.45, 2.75) is 72.1 Å². The Morgan fingerprint density at radius 2 is 1.50 bits per heavy atom. The maximum absolute atomic E-state index is 12.8. The van der Waals surface area contributed by atoms with Gasteiger partial charge in [-0.05, 0) is 54.0 Å². The largest absolute Gasteiger partial charge is 0.493 e. The van der Waals surface area contributed by atoms with Crippen molar-refractivity contribution in [2.24, 2.45) is 10.7 Å². The van der Waals surface area contributed by atoms with Gasteiger partial charge < -0.3 is 39.6 Å². The maximum atomic E-state index is 12.8. The van der Waals surface area contributed by atoms with Crippen molar-refractivity contribution < 1.29 is 42.9 Å². The van der Waals surface area contributed by atoms with Gasteiger partial charge in [0.2, 0.25) is 23.5 Å². The van der Waals surface area contributed by atoms with E-state index in [1.54, 1.807) is 67.8 Å². The summed E-state index contributed by atoms with van der Waals surface area (Å²) >= 11 is 0. The van der Waals surface area contributed by atoms with E-state index in [1.807, 2.05) is 12.1 Å². The Morgan fingerprint density at radius 1 is 0.891 bits per heavy atom. The summed E-state index contributed by atoms with van der Waals surface area (Å²) in [6, 6.07) is 3.77. The molecular formula is C31H50N6O9. The Balaban J connectivity index is 1.86. The third kappa shape index (κ3) is 12.3. The van der Waals surface area contributed by atoms with E-state index in [-0.39, 0.29) is 37.7 Å². The van der Waals surface area contributed by atoms with Gasteiger partial charge in [0.15, 0.2) is 11.5 Å². The first kappa shape index (κ1) is 37.9. The summed E-state index contributed by atoms with van der Waals surface area (Å²) in [7, 11) is 4.71. The van der Waals surface area contributed by atoms with Crippen LogP contribution in [0.15, 0.2) is 17.1 Å². The first-order valence-electron chi connectivity index (χ1n) is 15.1. The standard InChI is InChI=1S/C31H50N6O9/c1-30(2,3)45-28(40)34-27(32)37(29(41)46-31(4,5)6)14-10-11-23(38)33-19-24(39)36-17-15-35(16-18-36)20-21-12-13-22(42-7)26(44-9)25(21)43-8/h12-13H,10-11,14-20H2,1-9H3,(H,33,38)(H2,32,34,40). The molecule has 0 radical (unpaired) electrons. The SMILES string of the molecule is COc1ccc(CN2CCN(C(=O)CNC(=O)CCCN(C(=O)OC(C)(C)C)C(N)=NC(=O)OC(C)(C)C)CC2)c(OC)c1OC. The number of carbonyl (C=O) groups excluding carboxylic acids is 4. The number of hydrogen-bond donors (Lipinski definition) is 2. The van der Waals surface area contributed by atoms with E-state index < -0.39 is 29.3 Å². The highest BCUT2D eigenvalue weighted by atomic mass is 16.6. The quantitative estimate of drug-likeness (QED) is 0.266. The van der Waals surface area contributed by atoms with Crippen molar-refractivity contribution in [3.05, 3.63) is 17.7 Å². The van der Waals surface area contributed by atoms with Gasteiger partial charge in [0.25, 0.3) is 0 Å². The second kappa shape index (κ2) is 16.9. The molecule has 1 heterocycles. The first-order valence-corrected chi connectivity index (χ1v) is 15.1. The van der Waals surface area contributed by atoms with Crippen LogP contribution in [0.1, 0.15) is 59.9 Å². The van der Waals surface area contributed by atoms with Crippen molar-refractivity contribution >= 4 is 30.0 Å². The zero-order valence-corrected chi connectivity index (χ0v) is 28.6. The van der Waals surface area contributed by atoms with Crippen LogP contribution in [0.4, 0.5) is 9.59 Å². The number of benzene rings is 1. The summed E-state index contributed by atoms with van der Waals surface area (Å²) in [4.78, 5) is 58.8. The van der Waals surface area contributed by atoms with Crippen LogP contribution < -0.4 is 25.3 Å². The van der Waals surface area contributed by atoms with Crippen molar-refractivity contribution in [1.82, 2.24) is 20.0 Å². The molecule has 15 heteroatoms. The molecule has 1 aliphatic rings. The third-order valence-corrected chi connectivity index (χ3v) is 6.62. The molecular weight excluding hydrogens is 600 g/mol. The van der Waals surface area contributed by atoms with Crippen molar-refractivity contribution in [2.75, 3.05) is 60.6 Å². The Hall–Kier alpha value is -4.27. The normalized spacial score (nSPS) is 14.3. The van der Waals surface area contributed by atoms with E-state index >= 15 is 0 Å². The van der Waals surface area contributed by atoms with Crippen LogP contribution in [-0.4, -0.2) is 116 Å². The van der Waals surface area contributed by atoms with Crippen LogP contribution in [0, 0.1) is 0 Å². The molecule has 0 unspecified atom stereocenters. The smallest absolute Gasteiger partial charge is 0.437 e. The number of carbonyl (C=O) groups is 4. The third-order valence-electron chi connectivity index (χ3n) is 6.62. The van der Waals surface area contributed by atoms with Crippen molar-refractivity contribution in [1.29, 1.82) is 0 Å². The Labute approximate surface area is 271 Å². The lowest BCUT2D eigenvalue weighted by atomic mass is 10.1. The molecule has 0 spiro atoms. The van der Waals surface area contributed by atoms with Crippen LogP contribution in [-0.2, 0) is 25.6 Å². The number of amides is 4. The first-order chi connectivity index (χ1) is 21.5. The molecule has 46 heavy (non-hydrogen) atoms. The van der Waals surface area contributed by atoms with E-state index in [0.717, 1.165) is 10.5 Å². The van der Waals surface area contributed by atoms with Gasteiger partial charge in [-0.3, -0.25) is 14.5 Å². The van der Waals surface area contributed by atoms with Crippen LogP contribution in [0.2, 0.25) is 0 Å². The number of ether oxygens (including phenoxy) is 5. The number of nitrogens with zero attached hydrogens (tertiary/aromatic N) is 4. The average molecular weight is 651 g/mol. The maximum Gasteiger partial charge on any atom is 0.437 e. The molecule has 0 aromatic heterocycles. The number of aliphatic imine (C=N–C) groups is 1. The van der Waals surface area contributed by atoms with Gasteiger partial charge in [-0.2, -0.15) is 0 Å². The number of guanidine groups is 1. The second-order valence-corrected chi connectivity index (χ2v) is 12.6. The van der Waals surface area contributed by atoms with Gasteiger partial charge in [-0.1, -0.05) is 6.07 Å². The summed E-state index contributed by atoms with van der Waals surface area (Å²) in [6.45, 7) is 12.8. The summed E-state index contributed by atoms with van der Waals surface area (Å²) in [5.41, 5.74) is 5.25. The highest BCUT2D eigenvalue weighted by Crippen LogP contribution is 2.40. The molecule has 1 fully saturated rings. The highest BCUT2D eigenvalue weighted by Gasteiger charge is 2.27. The predicted octanol–water partition coefficient (Wildman–Crippen LogP) is 2.74. The minimum Gasteiger partial charge on any atom is -0.493 e. The van der Waals surface area contributed by atoms with E-state index in [1.165, 1.54) is 0 Å². The number of hydrogen-bond acceptors (Lipinski definition) is 10. The number of nitrogens with two attached hydrogens (primary N) is 1. The summed E-state index contributed by atoms with van der Waals surface area (Å²) in [6.07, 6.45) is -1.62. The van der Waals surface area contributed by atoms with E-state index in [9.17, 15) is 19.2 Å². The molecule has 1 aromatic carbocycles.